The van der Waals surface area contributed by atoms with Gasteiger partial charge in [0.2, 0.25) is 0 Å². The largest absolute Gasteiger partial charge is 0.491 e. The molecule has 1 aromatic carbocycles. The third-order valence-corrected chi connectivity index (χ3v) is 2.34. The molecule has 0 aromatic heterocycles. The van der Waals surface area contributed by atoms with Crippen molar-refractivity contribution in [2.24, 2.45) is 5.73 Å². The van der Waals surface area contributed by atoms with Crippen molar-refractivity contribution in [3.05, 3.63) is 28.2 Å². The predicted octanol–water partition coefficient (Wildman–Crippen LogP) is 1.28. The van der Waals surface area contributed by atoms with Gasteiger partial charge >= 0.3 is 0 Å². The molecule has 0 aliphatic rings. The molecule has 0 unspecified atom stereocenters. The SMILES string of the molecule is NCc1ccc(OCCO)cc1Br. The second kappa shape index (κ2) is 5.21. The Labute approximate surface area is 85.6 Å². The normalized spacial score (nSPS) is 10.1. The molecule has 0 spiro atoms. The molecule has 4 heteroatoms. The van der Waals surface area contributed by atoms with Crippen LogP contribution in [0.1, 0.15) is 5.56 Å². The van der Waals surface area contributed by atoms with E-state index in [0.717, 1.165) is 15.8 Å². The lowest BCUT2D eigenvalue weighted by atomic mass is 10.2. The monoisotopic (exact) mass is 245 g/mol. The molecule has 3 nitrogen and oxygen atoms in total. The van der Waals surface area contributed by atoms with Crippen LogP contribution in [0, 0.1) is 0 Å². The van der Waals surface area contributed by atoms with Crippen LogP contribution in [0.4, 0.5) is 0 Å². The highest BCUT2D eigenvalue weighted by Gasteiger charge is 1.99. The van der Waals surface area contributed by atoms with Crippen LogP contribution in [0.5, 0.6) is 5.75 Å². The van der Waals surface area contributed by atoms with E-state index in [-0.39, 0.29) is 6.61 Å². The van der Waals surface area contributed by atoms with Crippen molar-refractivity contribution in [1.29, 1.82) is 0 Å². The van der Waals surface area contributed by atoms with Gasteiger partial charge in [-0.1, -0.05) is 22.0 Å². The fraction of sp³-hybridized carbons (Fsp3) is 0.333. The van der Waals surface area contributed by atoms with Crippen LogP contribution in [0.2, 0.25) is 0 Å². The summed E-state index contributed by atoms with van der Waals surface area (Å²) in [5.41, 5.74) is 6.53. The van der Waals surface area contributed by atoms with E-state index in [1.165, 1.54) is 0 Å². The molecular formula is C9H12BrNO2. The Morgan fingerprint density at radius 1 is 1.46 bits per heavy atom. The van der Waals surface area contributed by atoms with E-state index in [9.17, 15) is 0 Å². The van der Waals surface area contributed by atoms with Crippen molar-refractivity contribution in [2.75, 3.05) is 13.2 Å². The number of rotatable bonds is 4. The lowest BCUT2D eigenvalue weighted by molar-refractivity contribution is 0.201. The summed E-state index contributed by atoms with van der Waals surface area (Å²) in [6, 6.07) is 5.58. The van der Waals surface area contributed by atoms with Gasteiger partial charge in [-0.3, -0.25) is 0 Å². The van der Waals surface area contributed by atoms with Gasteiger partial charge in [0.15, 0.2) is 0 Å². The lowest BCUT2D eigenvalue weighted by Gasteiger charge is -2.06. The smallest absolute Gasteiger partial charge is 0.120 e. The molecule has 0 bridgehead atoms. The molecule has 0 aliphatic heterocycles. The van der Waals surface area contributed by atoms with Crippen molar-refractivity contribution in [2.45, 2.75) is 6.54 Å². The molecule has 0 amide bonds. The molecule has 0 radical (unpaired) electrons. The number of nitrogens with two attached hydrogens (primary N) is 1. The molecule has 0 saturated heterocycles. The van der Waals surface area contributed by atoms with Gasteiger partial charge in [-0.15, -0.1) is 0 Å². The zero-order valence-corrected chi connectivity index (χ0v) is 8.75. The predicted molar refractivity (Wildman–Crippen MR) is 54.6 cm³/mol. The van der Waals surface area contributed by atoms with Gasteiger partial charge in [0.1, 0.15) is 12.4 Å². The maximum absolute atomic E-state index is 8.54. The molecule has 1 rings (SSSR count). The number of halogens is 1. The maximum Gasteiger partial charge on any atom is 0.120 e. The van der Waals surface area contributed by atoms with E-state index in [1.54, 1.807) is 0 Å². The number of aliphatic hydroxyl groups excluding tert-OH is 1. The average Bonchev–Trinajstić information content (AvgIpc) is 2.15. The van der Waals surface area contributed by atoms with E-state index in [4.69, 9.17) is 15.6 Å². The summed E-state index contributed by atoms with van der Waals surface area (Å²) < 4.78 is 6.15. The van der Waals surface area contributed by atoms with Crippen LogP contribution in [-0.2, 0) is 6.54 Å². The summed E-state index contributed by atoms with van der Waals surface area (Å²) in [5, 5.41) is 8.54. The Morgan fingerprint density at radius 2 is 2.23 bits per heavy atom. The van der Waals surface area contributed by atoms with Gasteiger partial charge in [-0.2, -0.15) is 0 Å². The first-order valence-electron chi connectivity index (χ1n) is 4.00. The summed E-state index contributed by atoms with van der Waals surface area (Å²) in [7, 11) is 0. The van der Waals surface area contributed by atoms with Gasteiger partial charge < -0.3 is 15.6 Å². The molecule has 1 aromatic rings. The first-order chi connectivity index (χ1) is 6.27. The molecule has 3 N–H and O–H groups in total. The van der Waals surface area contributed by atoms with E-state index in [2.05, 4.69) is 15.9 Å². The molecule has 13 heavy (non-hydrogen) atoms. The van der Waals surface area contributed by atoms with Crippen molar-refractivity contribution in [1.82, 2.24) is 0 Å². The first-order valence-corrected chi connectivity index (χ1v) is 4.79. The number of aliphatic hydroxyl groups is 1. The van der Waals surface area contributed by atoms with Crippen molar-refractivity contribution in [3.8, 4) is 5.75 Å². The fourth-order valence-electron chi connectivity index (χ4n) is 0.947. The average molecular weight is 246 g/mol. The topological polar surface area (TPSA) is 55.5 Å². The minimum atomic E-state index is 0.0241. The molecule has 0 aliphatic carbocycles. The molecule has 0 heterocycles. The van der Waals surface area contributed by atoms with E-state index < -0.39 is 0 Å². The molecule has 0 saturated carbocycles. The Bertz CT molecular complexity index is 278. The van der Waals surface area contributed by atoms with Crippen LogP contribution in [0.3, 0.4) is 0 Å². The zero-order valence-electron chi connectivity index (χ0n) is 7.16. The summed E-state index contributed by atoms with van der Waals surface area (Å²) in [5.74, 6) is 0.734. The number of benzene rings is 1. The standard InChI is InChI=1S/C9H12BrNO2/c10-9-5-8(13-4-3-12)2-1-7(9)6-11/h1-2,5,12H,3-4,6,11H2. The van der Waals surface area contributed by atoms with E-state index >= 15 is 0 Å². The highest BCUT2D eigenvalue weighted by atomic mass is 79.9. The minimum Gasteiger partial charge on any atom is -0.491 e. The molecule has 72 valence electrons. The summed E-state index contributed by atoms with van der Waals surface area (Å²) >= 11 is 3.38. The van der Waals surface area contributed by atoms with E-state index in [0.29, 0.717) is 13.2 Å². The molecule has 0 fully saturated rings. The highest BCUT2D eigenvalue weighted by molar-refractivity contribution is 9.10. The van der Waals surface area contributed by atoms with Gasteiger partial charge in [0, 0.05) is 11.0 Å². The number of ether oxygens (including phenoxy) is 1. The third-order valence-electron chi connectivity index (χ3n) is 1.60. The van der Waals surface area contributed by atoms with Crippen molar-refractivity contribution >= 4 is 15.9 Å². The second-order valence-corrected chi connectivity index (χ2v) is 3.38. The molecular weight excluding hydrogens is 234 g/mol. The molecule has 0 atom stereocenters. The Balaban J connectivity index is 2.71. The number of hydrogen-bond acceptors (Lipinski definition) is 3. The Kier molecular flexibility index (Phi) is 4.21. The quantitative estimate of drug-likeness (QED) is 0.841. The Morgan fingerprint density at radius 3 is 2.77 bits per heavy atom. The third kappa shape index (κ3) is 2.99. The summed E-state index contributed by atoms with van der Waals surface area (Å²) in [4.78, 5) is 0. The summed E-state index contributed by atoms with van der Waals surface area (Å²) in [6.07, 6.45) is 0. The second-order valence-electron chi connectivity index (χ2n) is 2.53. The van der Waals surface area contributed by atoms with Crippen LogP contribution < -0.4 is 10.5 Å². The van der Waals surface area contributed by atoms with Crippen molar-refractivity contribution < 1.29 is 9.84 Å². The van der Waals surface area contributed by atoms with Crippen LogP contribution in [0.25, 0.3) is 0 Å². The first kappa shape index (κ1) is 10.5. The van der Waals surface area contributed by atoms with Gasteiger partial charge in [0.05, 0.1) is 6.61 Å². The van der Waals surface area contributed by atoms with Gasteiger partial charge in [-0.05, 0) is 17.7 Å². The lowest BCUT2D eigenvalue weighted by Crippen LogP contribution is -2.02. The van der Waals surface area contributed by atoms with Crippen LogP contribution >= 0.6 is 15.9 Å². The van der Waals surface area contributed by atoms with Gasteiger partial charge in [0.25, 0.3) is 0 Å². The highest BCUT2D eigenvalue weighted by Crippen LogP contribution is 2.22. The van der Waals surface area contributed by atoms with Crippen LogP contribution in [-0.4, -0.2) is 18.3 Å². The maximum atomic E-state index is 8.54. The zero-order chi connectivity index (χ0) is 9.68. The fourth-order valence-corrected chi connectivity index (χ4v) is 1.47. The van der Waals surface area contributed by atoms with Gasteiger partial charge in [-0.25, -0.2) is 0 Å². The summed E-state index contributed by atoms with van der Waals surface area (Å²) in [6.45, 7) is 0.839. The van der Waals surface area contributed by atoms with Crippen molar-refractivity contribution in [3.63, 3.8) is 0 Å². The Hall–Kier alpha value is -0.580. The van der Waals surface area contributed by atoms with Crippen LogP contribution in [0.15, 0.2) is 22.7 Å². The minimum absolute atomic E-state index is 0.0241. The van der Waals surface area contributed by atoms with E-state index in [1.807, 2.05) is 18.2 Å². The number of hydrogen-bond donors (Lipinski definition) is 2.